The number of nitrogens with one attached hydrogen (secondary N) is 1. The Morgan fingerprint density at radius 2 is 1.68 bits per heavy atom. The molecule has 2 heterocycles. The van der Waals surface area contributed by atoms with Crippen LogP contribution in [-0.2, 0) is 26.6 Å². The van der Waals surface area contributed by atoms with Crippen LogP contribution in [0, 0.1) is 5.92 Å². The Balaban J connectivity index is 1.64. The summed E-state index contributed by atoms with van der Waals surface area (Å²) in [6, 6.07) is 7.24. The third-order valence-corrected chi connectivity index (χ3v) is 8.12. The molecule has 1 aromatic carbocycles. The van der Waals surface area contributed by atoms with Crippen LogP contribution in [0.4, 0.5) is 0 Å². The number of sulfonamides is 2. The summed E-state index contributed by atoms with van der Waals surface area (Å²) in [4.78, 5) is 0.178. The lowest BCUT2D eigenvalue weighted by Crippen LogP contribution is -2.35. The summed E-state index contributed by atoms with van der Waals surface area (Å²) in [5, 5.41) is 4.11. The quantitative estimate of drug-likeness (QED) is 0.692. The topological polar surface area (TPSA) is 101 Å². The van der Waals surface area contributed by atoms with Crippen LogP contribution >= 0.6 is 0 Å². The number of piperidine rings is 1. The molecule has 1 N–H and O–H groups in total. The molecule has 1 atom stereocenters. The van der Waals surface area contributed by atoms with E-state index in [4.69, 9.17) is 0 Å². The van der Waals surface area contributed by atoms with Gasteiger partial charge in [0.15, 0.2) is 0 Å². The number of benzene rings is 1. The molecular weight excluding hydrogens is 400 g/mol. The van der Waals surface area contributed by atoms with Gasteiger partial charge in [-0.15, -0.1) is 0 Å². The fourth-order valence-electron chi connectivity index (χ4n) is 3.17. The molecule has 2 aromatic rings. The molecule has 8 nitrogen and oxygen atoms in total. The Kier molecular flexibility index (Phi) is 6.54. The summed E-state index contributed by atoms with van der Waals surface area (Å²) in [6.45, 7) is 3.81. The van der Waals surface area contributed by atoms with Crippen molar-refractivity contribution in [2.24, 2.45) is 5.92 Å². The molecule has 1 aliphatic rings. The first-order valence-electron chi connectivity index (χ1n) is 9.36. The second-order valence-corrected chi connectivity index (χ2v) is 10.8. The van der Waals surface area contributed by atoms with Gasteiger partial charge in [-0.25, -0.2) is 21.6 Å². The van der Waals surface area contributed by atoms with E-state index in [2.05, 4.69) is 9.82 Å². The number of rotatable bonds is 8. The predicted octanol–water partition coefficient (Wildman–Crippen LogP) is 1.67. The molecule has 0 amide bonds. The summed E-state index contributed by atoms with van der Waals surface area (Å²) in [7, 11) is -7.28. The zero-order valence-electron chi connectivity index (χ0n) is 15.9. The van der Waals surface area contributed by atoms with Crippen molar-refractivity contribution >= 4 is 20.0 Å². The van der Waals surface area contributed by atoms with Gasteiger partial charge in [-0.3, -0.25) is 4.68 Å². The highest BCUT2D eigenvalue weighted by molar-refractivity contribution is 7.89. The number of hydrogen-bond donors (Lipinski definition) is 1. The van der Waals surface area contributed by atoms with Gasteiger partial charge in [0.1, 0.15) is 0 Å². The maximum absolute atomic E-state index is 12.7. The van der Waals surface area contributed by atoms with E-state index in [1.807, 2.05) is 19.2 Å². The molecule has 3 rings (SSSR count). The van der Waals surface area contributed by atoms with Gasteiger partial charge in [0, 0.05) is 38.6 Å². The number of hydrogen-bond acceptors (Lipinski definition) is 5. The highest BCUT2D eigenvalue weighted by atomic mass is 32.2. The largest absolute Gasteiger partial charge is 0.272 e. The highest BCUT2D eigenvalue weighted by Gasteiger charge is 2.26. The minimum atomic E-state index is -3.71. The monoisotopic (exact) mass is 426 g/mol. The van der Waals surface area contributed by atoms with Gasteiger partial charge in [0.05, 0.1) is 9.79 Å². The van der Waals surface area contributed by atoms with Crippen molar-refractivity contribution in [3.8, 4) is 0 Å². The third kappa shape index (κ3) is 4.99. The smallest absolute Gasteiger partial charge is 0.243 e. The van der Waals surface area contributed by atoms with E-state index in [0.29, 0.717) is 19.6 Å². The van der Waals surface area contributed by atoms with E-state index < -0.39 is 20.0 Å². The van der Waals surface area contributed by atoms with Gasteiger partial charge in [-0.05, 0) is 49.1 Å². The molecule has 1 saturated heterocycles. The molecule has 0 spiro atoms. The lowest BCUT2D eigenvalue weighted by molar-refractivity contribution is 0.346. The van der Waals surface area contributed by atoms with E-state index in [1.54, 1.807) is 10.9 Å². The summed E-state index contributed by atoms with van der Waals surface area (Å²) < 4.78 is 56.1. The van der Waals surface area contributed by atoms with Gasteiger partial charge >= 0.3 is 0 Å². The van der Waals surface area contributed by atoms with E-state index in [0.717, 1.165) is 19.3 Å². The van der Waals surface area contributed by atoms with E-state index in [1.165, 1.54) is 28.6 Å². The SMILES string of the molecule is C[C@H](CNS(=O)(=O)c1ccc(S(=O)(=O)N2CCCCC2)cc1)Cn1cccn1. The molecule has 0 radical (unpaired) electrons. The molecule has 154 valence electrons. The standard InChI is InChI=1S/C18H26N4O4S2/c1-16(15-21-11-5-10-19-21)14-20-27(23,24)17-6-8-18(9-7-17)28(25,26)22-12-3-2-4-13-22/h5-11,16,20H,2-4,12-15H2,1H3/t16-/m1/s1. The van der Waals surface area contributed by atoms with Crippen LogP contribution in [0.15, 0.2) is 52.5 Å². The van der Waals surface area contributed by atoms with Crippen LogP contribution in [0.1, 0.15) is 26.2 Å². The molecule has 28 heavy (non-hydrogen) atoms. The first-order chi connectivity index (χ1) is 13.3. The average Bonchev–Trinajstić information content (AvgIpc) is 3.20. The third-order valence-electron chi connectivity index (χ3n) is 4.77. The van der Waals surface area contributed by atoms with Crippen LogP contribution in [0.3, 0.4) is 0 Å². The van der Waals surface area contributed by atoms with Gasteiger partial charge in [-0.2, -0.15) is 9.40 Å². The Labute approximate surface area is 166 Å². The van der Waals surface area contributed by atoms with Gasteiger partial charge in [0.2, 0.25) is 20.0 Å². The van der Waals surface area contributed by atoms with Crippen LogP contribution in [-0.4, -0.2) is 50.6 Å². The van der Waals surface area contributed by atoms with Crippen molar-refractivity contribution < 1.29 is 16.8 Å². The molecule has 0 aliphatic carbocycles. The maximum atomic E-state index is 12.7. The predicted molar refractivity (Wildman–Crippen MR) is 106 cm³/mol. The zero-order valence-corrected chi connectivity index (χ0v) is 17.5. The minimum absolute atomic E-state index is 0.0495. The Morgan fingerprint density at radius 3 is 2.29 bits per heavy atom. The lowest BCUT2D eigenvalue weighted by Gasteiger charge is -2.25. The van der Waals surface area contributed by atoms with Crippen LogP contribution in [0.25, 0.3) is 0 Å². The zero-order chi connectivity index (χ0) is 20.2. The fraction of sp³-hybridized carbons (Fsp3) is 0.500. The maximum Gasteiger partial charge on any atom is 0.243 e. The average molecular weight is 427 g/mol. The Morgan fingerprint density at radius 1 is 1.04 bits per heavy atom. The van der Waals surface area contributed by atoms with Crippen molar-refractivity contribution in [2.45, 2.75) is 42.5 Å². The fourth-order valence-corrected chi connectivity index (χ4v) is 5.85. The summed E-state index contributed by atoms with van der Waals surface area (Å²) in [5.74, 6) is 0.0495. The first-order valence-corrected chi connectivity index (χ1v) is 12.3. The van der Waals surface area contributed by atoms with E-state index in [9.17, 15) is 16.8 Å². The van der Waals surface area contributed by atoms with Crippen LogP contribution in [0.2, 0.25) is 0 Å². The van der Waals surface area contributed by atoms with Crippen molar-refractivity contribution in [1.29, 1.82) is 0 Å². The second kappa shape index (κ2) is 8.73. The molecule has 1 fully saturated rings. The van der Waals surface area contributed by atoms with Gasteiger partial charge in [-0.1, -0.05) is 13.3 Å². The van der Waals surface area contributed by atoms with Crippen molar-refractivity contribution in [1.82, 2.24) is 18.8 Å². The number of aromatic nitrogens is 2. The summed E-state index contributed by atoms with van der Waals surface area (Å²) in [6.07, 6.45) is 6.25. The van der Waals surface area contributed by atoms with E-state index >= 15 is 0 Å². The van der Waals surface area contributed by atoms with E-state index in [-0.39, 0.29) is 22.3 Å². The Bertz CT molecular complexity index is 965. The van der Waals surface area contributed by atoms with Gasteiger partial charge in [0.25, 0.3) is 0 Å². The number of nitrogens with zero attached hydrogens (tertiary/aromatic N) is 3. The molecule has 1 aromatic heterocycles. The van der Waals surface area contributed by atoms with Gasteiger partial charge < -0.3 is 0 Å². The molecule has 10 heteroatoms. The van der Waals surface area contributed by atoms with Crippen molar-refractivity contribution in [3.05, 3.63) is 42.7 Å². The van der Waals surface area contributed by atoms with Crippen molar-refractivity contribution in [2.75, 3.05) is 19.6 Å². The first kappa shape index (κ1) is 21.0. The lowest BCUT2D eigenvalue weighted by atomic mass is 10.2. The summed E-state index contributed by atoms with van der Waals surface area (Å²) >= 11 is 0. The molecule has 1 aliphatic heterocycles. The van der Waals surface area contributed by atoms with Crippen molar-refractivity contribution in [3.63, 3.8) is 0 Å². The van der Waals surface area contributed by atoms with Crippen LogP contribution < -0.4 is 4.72 Å². The highest BCUT2D eigenvalue weighted by Crippen LogP contribution is 2.22. The molecular formula is C18H26N4O4S2. The Hall–Kier alpha value is -1.75. The summed E-state index contributed by atoms with van der Waals surface area (Å²) in [5.41, 5.74) is 0. The molecule has 0 unspecified atom stereocenters. The minimum Gasteiger partial charge on any atom is -0.272 e. The van der Waals surface area contributed by atoms with Crippen LogP contribution in [0.5, 0.6) is 0 Å². The second-order valence-electron chi connectivity index (χ2n) is 7.12. The normalized spacial score (nSPS) is 17.5. The molecule has 0 saturated carbocycles. The molecule has 0 bridgehead atoms.